The van der Waals surface area contributed by atoms with Gasteiger partial charge < -0.3 is 16.0 Å². The van der Waals surface area contributed by atoms with Crippen LogP contribution in [0.2, 0.25) is 5.02 Å². The highest BCUT2D eigenvalue weighted by Crippen LogP contribution is 2.39. The lowest BCUT2D eigenvalue weighted by Gasteiger charge is -2.35. The van der Waals surface area contributed by atoms with Crippen molar-refractivity contribution in [3.63, 3.8) is 0 Å². The fourth-order valence-corrected chi connectivity index (χ4v) is 5.92. The number of nitrogens with two attached hydrogens (primary N) is 1. The summed E-state index contributed by atoms with van der Waals surface area (Å²) in [5.74, 6) is 0.0454. The maximum absolute atomic E-state index is 12.7. The van der Waals surface area contributed by atoms with E-state index in [0.29, 0.717) is 23.0 Å². The number of halogens is 1. The zero-order chi connectivity index (χ0) is 21.3. The fraction of sp³-hybridized carbons (Fsp3) is 0.455. The number of nitrogens with one attached hydrogen (secondary N) is 1. The number of anilines is 2. The van der Waals surface area contributed by atoms with Crippen molar-refractivity contribution in [3.05, 3.63) is 45.3 Å². The van der Waals surface area contributed by atoms with Crippen molar-refractivity contribution in [1.82, 2.24) is 4.90 Å². The number of carbonyl (C=O) groups is 2. The van der Waals surface area contributed by atoms with Crippen LogP contribution in [0.4, 0.5) is 10.7 Å². The number of benzene rings is 1. The molecule has 2 amide bonds. The van der Waals surface area contributed by atoms with E-state index < -0.39 is 5.91 Å². The topological polar surface area (TPSA) is 78.7 Å². The Morgan fingerprint density at radius 2 is 2.03 bits per heavy atom. The highest BCUT2D eigenvalue weighted by Gasteiger charge is 2.28. The molecule has 1 fully saturated rings. The lowest BCUT2D eigenvalue weighted by atomic mass is 9.88. The second-order valence-electron chi connectivity index (χ2n) is 8.21. The van der Waals surface area contributed by atoms with Crippen LogP contribution in [0.5, 0.6) is 0 Å². The van der Waals surface area contributed by atoms with Crippen LogP contribution < -0.4 is 16.0 Å². The van der Waals surface area contributed by atoms with Gasteiger partial charge in [0.2, 0.25) is 5.91 Å². The number of fused-ring (bicyclic) bond motifs is 1. The summed E-state index contributed by atoms with van der Waals surface area (Å²) in [5, 5.41) is 4.31. The summed E-state index contributed by atoms with van der Waals surface area (Å²) in [6.45, 7) is 5.78. The SMILES string of the molecule is CC1CCc2c(sc(NC(=O)CN3CCN(c4cccc(Cl)c4)CC3)c2C(N)=O)C1. The molecule has 1 aromatic heterocycles. The Balaban J connectivity index is 1.36. The summed E-state index contributed by atoms with van der Waals surface area (Å²) in [7, 11) is 0. The summed E-state index contributed by atoms with van der Waals surface area (Å²) < 4.78 is 0. The van der Waals surface area contributed by atoms with E-state index in [4.69, 9.17) is 17.3 Å². The first-order valence-electron chi connectivity index (χ1n) is 10.4. The van der Waals surface area contributed by atoms with Gasteiger partial charge in [-0.1, -0.05) is 24.6 Å². The molecule has 1 atom stereocenters. The normalized spacial score (nSPS) is 19.4. The van der Waals surface area contributed by atoms with E-state index in [1.165, 1.54) is 16.2 Å². The van der Waals surface area contributed by atoms with E-state index in [2.05, 4.69) is 28.1 Å². The summed E-state index contributed by atoms with van der Waals surface area (Å²) in [4.78, 5) is 30.4. The first-order chi connectivity index (χ1) is 14.4. The molecule has 4 rings (SSSR count). The molecule has 1 saturated heterocycles. The number of amides is 2. The third kappa shape index (κ3) is 4.63. The summed E-state index contributed by atoms with van der Waals surface area (Å²) in [6.07, 6.45) is 2.85. The molecule has 3 N–H and O–H groups in total. The van der Waals surface area contributed by atoms with Gasteiger partial charge in [0.15, 0.2) is 0 Å². The van der Waals surface area contributed by atoms with Crippen LogP contribution in [0.3, 0.4) is 0 Å². The number of hydrogen-bond donors (Lipinski definition) is 2. The van der Waals surface area contributed by atoms with Crippen LogP contribution in [-0.2, 0) is 17.6 Å². The zero-order valence-electron chi connectivity index (χ0n) is 17.1. The van der Waals surface area contributed by atoms with Gasteiger partial charge in [-0.15, -0.1) is 11.3 Å². The molecule has 8 heteroatoms. The Bertz CT molecular complexity index is 953. The molecule has 1 unspecified atom stereocenters. The third-order valence-corrected chi connectivity index (χ3v) is 7.33. The fourth-order valence-electron chi connectivity index (χ4n) is 4.31. The van der Waals surface area contributed by atoms with Gasteiger partial charge in [0.1, 0.15) is 5.00 Å². The number of primary amides is 1. The second kappa shape index (κ2) is 8.96. The second-order valence-corrected chi connectivity index (χ2v) is 9.75. The Kier molecular flexibility index (Phi) is 6.32. The van der Waals surface area contributed by atoms with Crippen molar-refractivity contribution < 1.29 is 9.59 Å². The van der Waals surface area contributed by atoms with Gasteiger partial charge in [0.25, 0.3) is 5.91 Å². The number of hydrogen-bond acceptors (Lipinski definition) is 5. The summed E-state index contributed by atoms with van der Waals surface area (Å²) in [5.41, 5.74) is 8.31. The first-order valence-corrected chi connectivity index (χ1v) is 11.6. The molecule has 0 saturated carbocycles. The highest BCUT2D eigenvalue weighted by molar-refractivity contribution is 7.17. The molecule has 1 aromatic carbocycles. The standard InChI is InChI=1S/C22H27ClN4O2S/c1-14-5-6-17-18(11-14)30-22(20(17)21(24)29)25-19(28)13-26-7-9-27(10-8-26)16-4-2-3-15(23)12-16/h2-4,12,14H,5-11,13H2,1H3,(H2,24,29)(H,25,28). The smallest absolute Gasteiger partial charge is 0.251 e. The van der Waals surface area contributed by atoms with E-state index >= 15 is 0 Å². The van der Waals surface area contributed by atoms with Crippen molar-refractivity contribution in [2.24, 2.45) is 11.7 Å². The maximum atomic E-state index is 12.7. The van der Waals surface area contributed by atoms with Gasteiger partial charge in [-0.3, -0.25) is 14.5 Å². The minimum Gasteiger partial charge on any atom is -0.369 e. The zero-order valence-corrected chi connectivity index (χ0v) is 18.7. The van der Waals surface area contributed by atoms with E-state index in [1.807, 2.05) is 18.2 Å². The van der Waals surface area contributed by atoms with Crippen LogP contribution in [0.1, 0.15) is 34.1 Å². The van der Waals surface area contributed by atoms with Crippen molar-refractivity contribution in [2.45, 2.75) is 26.2 Å². The molecule has 30 heavy (non-hydrogen) atoms. The van der Waals surface area contributed by atoms with Gasteiger partial charge in [-0.25, -0.2) is 0 Å². The molecule has 160 valence electrons. The predicted molar refractivity (Wildman–Crippen MR) is 123 cm³/mol. The Hall–Kier alpha value is -2.09. The molecule has 0 radical (unpaired) electrons. The molecule has 1 aliphatic carbocycles. The van der Waals surface area contributed by atoms with E-state index in [1.54, 1.807) is 0 Å². The summed E-state index contributed by atoms with van der Waals surface area (Å²) >= 11 is 7.61. The van der Waals surface area contributed by atoms with Gasteiger partial charge in [-0.2, -0.15) is 0 Å². The van der Waals surface area contributed by atoms with Crippen LogP contribution in [0.15, 0.2) is 24.3 Å². The first kappa shape index (κ1) is 21.2. The Morgan fingerprint density at radius 3 is 2.73 bits per heavy atom. The van der Waals surface area contributed by atoms with E-state index in [0.717, 1.165) is 61.7 Å². The molecule has 0 bridgehead atoms. The quantitative estimate of drug-likeness (QED) is 0.737. The average Bonchev–Trinajstić information content (AvgIpc) is 3.05. The van der Waals surface area contributed by atoms with Crippen LogP contribution in [-0.4, -0.2) is 49.4 Å². The third-order valence-electron chi connectivity index (χ3n) is 5.92. The molecular weight excluding hydrogens is 420 g/mol. The number of carbonyl (C=O) groups excluding carboxylic acids is 2. The average molecular weight is 447 g/mol. The maximum Gasteiger partial charge on any atom is 0.251 e. The van der Waals surface area contributed by atoms with Gasteiger partial charge in [0.05, 0.1) is 12.1 Å². The molecule has 2 aromatic rings. The highest BCUT2D eigenvalue weighted by atomic mass is 35.5. The number of piperazine rings is 1. The Labute approximate surface area is 186 Å². The number of nitrogens with zero attached hydrogens (tertiary/aromatic N) is 2. The molecule has 1 aliphatic heterocycles. The van der Waals surface area contributed by atoms with Crippen molar-refractivity contribution in [2.75, 3.05) is 42.9 Å². The molecule has 2 heterocycles. The van der Waals surface area contributed by atoms with Crippen LogP contribution in [0.25, 0.3) is 0 Å². The lowest BCUT2D eigenvalue weighted by Crippen LogP contribution is -2.48. The molecule has 0 spiro atoms. The number of rotatable bonds is 5. The largest absolute Gasteiger partial charge is 0.369 e. The lowest BCUT2D eigenvalue weighted by molar-refractivity contribution is -0.117. The Morgan fingerprint density at radius 1 is 1.27 bits per heavy atom. The van der Waals surface area contributed by atoms with E-state index in [9.17, 15) is 9.59 Å². The van der Waals surface area contributed by atoms with Crippen molar-refractivity contribution in [3.8, 4) is 0 Å². The van der Waals surface area contributed by atoms with Gasteiger partial charge >= 0.3 is 0 Å². The minimum atomic E-state index is -0.451. The summed E-state index contributed by atoms with van der Waals surface area (Å²) in [6, 6.07) is 7.85. The monoisotopic (exact) mass is 446 g/mol. The van der Waals surface area contributed by atoms with Crippen LogP contribution >= 0.6 is 22.9 Å². The predicted octanol–water partition coefficient (Wildman–Crippen LogP) is 3.39. The minimum absolute atomic E-state index is 0.0969. The van der Waals surface area contributed by atoms with Gasteiger partial charge in [-0.05, 0) is 48.9 Å². The molecule has 6 nitrogen and oxygen atoms in total. The van der Waals surface area contributed by atoms with Crippen molar-refractivity contribution in [1.29, 1.82) is 0 Å². The number of thiophene rings is 1. The molecular formula is C22H27ClN4O2S. The van der Waals surface area contributed by atoms with E-state index in [-0.39, 0.29) is 5.91 Å². The van der Waals surface area contributed by atoms with Gasteiger partial charge in [0, 0.05) is 41.8 Å². The van der Waals surface area contributed by atoms with Crippen molar-refractivity contribution >= 4 is 45.4 Å². The van der Waals surface area contributed by atoms with Crippen LogP contribution in [0, 0.1) is 5.92 Å². The molecule has 2 aliphatic rings.